The Morgan fingerprint density at radius 3 is 3.00 bits per heavy atom. The van der Waals surface area contributed by atoms with Gasteiger partial charge in [0.25, 0.3) is 5.91 Å². The molecule has 2 aliphatic rings. The molecule has 0 aliphatic carbocycles. The highest BCUT2D eigenvalue weighted by Crippen LogP contribution is 2.39. The van der Waals surface area contributed by atoms with Crippen LogP contribution in [-0.2, 0) is 11.2 Å². The summed E-state index contributed by atoms with van der Waals surface area (Å²) in [6.45, 7) is 4.54. The molecule has 2 heterocycles. The molecular weight excluding hydrogens is 338 g/mol. The van der Waals surface area contributed by atoms with Gasteiger partial charge in [0.1, 0.15) is 17.6 Å². The van der Waals surface area contributed by atoms with Crippen LogP contribution >= 0.6 is 11.6 Å². The van der Waals surface area contributed by atoms with Gasteiger partial charge in [-0.3, -0.25) is 4.79 Å². The van der Waals surface area contributed by atoms with Crippen LogP contribution in [-0.4, -0.2) is 18.6 Å². The molecule has 2 aliphatic heterocycles. The monoisotopic (exact) mass is 355 g/mol. The maximum atomic E-state index is 12.4. The lowest BCUT2D eigenvalue weighted by Crippen LogP contribution is -2.05. The normalized spacial score (nSPS) is 19.4. The van der Waals surface area contributed by atoms with Crippen LogP contribution in [0.3, 0.4) is 0 Å². The topological polar surface area (TPSA) is 47.6 Å². The number of benzene rings is 2. The second kappa shape index (κ2) is 6.12. The number of hydrogen-bond acceptors (Lipinski definition) is 3. The SMILES string of the molecule is CCOc1cc2c(cc1/C=C1\C(=O)Nc3ccc(Cl)cc31)O[C@@H](C)C2. The molecule has 0 spiro atoms. The van der Waals surface area contributed by atoms with E-state index in [1.165, 1.54) is 0 Å². The summed E-state index contributed by atoms with van der Waals surface area (Å²) in [6.07, 6.45) is 2.86. The Labute approximate surface area is 151 Å². The van der Waals surface area contributed by atoms with Gasteiger partial charge in [-0.15, -0.1) is 0 Å². The van der Waals surface area contributed by atoms with Gasteiger partial charge in [0.05, 0.1) is 6.61 Å². The van der Waals surface area contributed by atoms with E-state index in [1.54, 1.807) is 12.1 Å². The smallest absolute Gasteiger partial charge is 0.256 e. The van der Waals surface area contributed by atoms with Crippen molar-refractivity contribution in [3.05, 3.63) is 52.0 Å². The standard InChI is InChI=1S/C20H18ClNO3/c1-3-24-18-8-12-6-11(2)25-19(12)9-13(18)7-16-15-10-14(21)4-5-17(15)22-20(16)23/h4-5,7-11H,3,6H2,1-2H3,(H,22,23)/b16-7-/t11-/m0/s1. The molecule has 0 radical (unpaired) electrons. The van der Waals surface area contributed by atoms with E-state index in [0.717, 1.165) is 40.3 Å². The number of hydrogen-bond donors (Lipinski definition) is 1. The molecule has 1 N–H and O–H groups in total. The molecule has 0 fully saturated rings. The van der Waals surface area contributed by atoms with Crippen LogP contribution in [0.1, 0.15) is 30.5 Å². The van der Waals surface area contributed by atoms with Gasteiger partial charge >= 0.3 is 0 Å². The van der Waals surface area contributed by atoms with E-state index in [2.05, 4.69) is 5.32 Å². The fraction of sp³-hybridized carbons (Fsp3) is 0.250. The lowest BCUT2D eigenvalue weighted by Gasteiger charge is -2.11. The first-order chi connectivity index (χ1) is 12.0. The van der Waals surface area contributed by atoms with Crippen LogP contribution in [0.2, 0.25) is 5.02 Å². The van der Waals surface area contributed by atoms with Crippen LogP contribution in [0.5, 0.6) is 11.5 Å². The summed E-state index contributed by atoms with van der Waals surface area (Å²) >= 11 is 6.10. The average molecular weight is 356 g/mol. The first-order valence-corrected chi connectivity index (χ1v) is 8.72. The number of carbonyl (C=O) groups is 1. The zero-order chi connectivity index (χ0) is 17.6. The van der Waals surface area contributed by atoms with Crippen molar-refractivity contribution in [1.29, 1.82) is 0 Å². The molecule has 4 rings (SSSR count). The third kappa shape index (κ3) is 2.87. The Bertz CT molecular complexity index is 904. The molecule has 0 saturated heterocycles. The number of amides is 1. The third-order valence-electron chi connectivity index (χ3n) is 4.39. The van der Waals surface area contributed by atoms with E-state index in [9.17, 15) is 4.79 Å². The third-order valence-corrected chi connectivity index (χ3v) is 4.63. The highest BCUT2D eigenvalue weighted by molar-refractivity contribution is 6.36. The molecule has 1 amide bonds. The van der Waals surface area contributed by atoms with Crippen LogP contribution < -0.4 is 14.8 Å². The van der Waals surface area contributed by atoms with Gasteiger partial charge < -0.3 is 14.8 Å². The summed E-state index contributed by atoms with van der Waals surface area (Å²) in [5.41, 5.74) is 4.11. The van der Waals surface area contributed by atoms with Crippen LogP contribution in [0.25, 0.3) is 11.6 Å². The highest BCUT2D eigenvalue weighted by atomic mass is 35.5. The summed E-state index contributed by atoms with van der Waals surface area (Å²) in [5, 5.41) is 3.46. The molecule has 0 saturated carbocycles. The molecule has 2 aromatic carbocycles. The maximum Gasteiger partial charge on any atom is 0.256 e. The Morgan fingerprint density at radius 2 is 2.20 bits per heavy atom. The molecule has 5 heteroatoms. The largest absolute Gasteiger partial charge is 0.493 e. The number of halogens is 1. The van der Waals surface area contributed by atoms with Gasteiger partial charge in [0, 0.05) is 39.4 Å². The zero-order valence-corrected chi connectivity index (χ0v) is 14.8. The summed E-state index contributed by atoms with van der Waals surface area (Å²) in [6, 6.07) is 9.34. The summed E-state index contributed by atoms with van der Waals surface area (Å²) < 4.78 is 11.7. The minimum atomic E-state index is -0.144. The van der Waals surface area contributed by atoms with Gasteiger partial charge in [-0.2, -0.15) is 0 Å². The van der Waals surface area contributed by atoms with Crippen LogP contribution in [0.15, 0.2) is 30.3 Å². The van der Waals surface area contributed by atoms with Crippen molar-refractivity contribution in [2.75, 3.05) is 11.9 Å². The van der Waals surface area contributed by atoms with E-state index in [-0.39, 0.29) is 12.0 Å². The van der Waals surface area contributed by atoms with Gasteiger partial charge in [-0.25, -0.2) is 0 Å². The van der Waals surface area contributed by atoms with E-state index >= 15 is 0 Å². The minimum absolute atomic E-state index is 0.144. The number of nitrogens with one attached hydrogen (secondary N) is 1. The van der Waals surface area contributed by atoms with E-state index in [1.807, 2.05) is 38.1 Å². The Kier molecular flexibility index (Phi) is 3.92. The maximum absolute atomic E-state index is 12.4. The second-order valence-corrected chi connectivity index (χ2v) is 6.70. The number of anilines is 1. The quantitative estimate of drug-likeness (QED) is 0.821. The minimum Gasteiger partial charge on any atom is -0.493 e. The van der Waals surface area contributed by atoms with Crippen molar-refractivity contribution in [3.63, 3.8) is 0 Å². The van der Waals surface area contributed by atoms with E-state index in [0.29, 0.717) is 17.2 Å². The Morgan fingerprint density at radius 1 is 1.36 bits per heavy atom. The molecule has 128 valence electrons. The predicted octanol–water partition coefficient (Wildman–Crippen LogP) is 4.55. The molecule has 4 nitrogen and oxygen atoms in total. The molecule has 25 heavy (non-hydrogen) atoms. The van der Waals surface area contributed by atoms with Crippen molar-refractivity contribution in [2.45, 2.75) is 26.4 Å². The van der Waals surface area contributed by atoms with Gasteiger partial charge in [-0.05, 0) is 50.3 Å². The Hall–Kier alpha value is -2.46. The van der Waals surface area contributed by atoms with Crippen molar-refractivity contribution in [2.24, 2.45) is 0 Å². The average Bonchev–Trinajstić information content (AvgIpc) is 3.07. The van der Waals surface area contributed by atoms with Gasteiger partial charge in [0.15, 0.2) is 0 Å². The molecule has 0 unspecified atom stereocenters. The molecular formula is C20H18ClNO3. The number of fused-ring (bicyclic) bond motifs is 2. The van der Waals surface area contributed by atoms with Crippen LogP contribution in [0, 0.1) is 0 Å². The van der Waals surface area contributed by atoms with Gasteiger partial charge in [-0.1, -0.05) is 11.6 Å². The first kappa shape index (κ1) is 16.0. The summed E-state index contributed by atoms with van der Waals surface area (Å²) in [5.74, 6) is 1.47. The molecule has 0 aromatic heterocycles. The second-order valence-electron chi connectivity index (χ2n) is 6.27. The number of rotatable bonds is 3. The molecule has 1 atom stereocenters. The predicted molar refractivity (Wildman–Crippen MR) is 99.4 cm³/mol. The molecule has 0 bridgehead atoms. The Balaban J connectivity index is 1.83. The zero-order valence-electron chi connectivity index (χ0n) is 14.1. The van der Waals surface area contributed by atoms with Crippen molar-refractivity contribution < 1.29 is 14.3 Å². The van der Waals surface area contributed by atoms with Crippen LogP contribution in [0.4, 0.5) is 5.69 Å². The number of ether oxygens (including phenoxy) is 2. The lowest BCUT2D eigenvalue weighted by atomic mass is 10.0. The summed E-state index contributed by atoms with van der Waals surface area (Å²) in [7, 11) is 0. The van der Waals surface area contributed by atoms with E-state index < -0.39 is 0 Å². The fourth-order valence-corrected chi connectivity index (χ4v) is 3.48. The lowest BCUT2D eigenvalue weighted by molar-refractivity contribution is -0.110. The first-order valence-electron chi connectivity index (χ1n) is 8.34. The van der Waals surface area contributed by atoms with Crippen molar-refractivity contribution in [3.8, 4) is 11.5 Å². The van der Waals surface area contributed by atoms with Crippen molar-refractivity contribution >= 4 is 34.8 Å². The number of carbonyl (C=O) groups excluding carboxylic acids is 1. The summed E-state index contributed by atoms with van der Waals surface area (Å²) in [4.78, 5) is 12.4. The van der Waals surface area contributed by atoms with E-state index in [4.69, 9.17) is 21.1 Å². The van der Waals surface area contributed by atoms with Crippen molar-refractivity contribution in [1.82, 2.24) is 0 Å². The highest BCUT2D eigenvalue weighted by Gasteiger charge is 2.26. The van der Waals surface area contributed by atoms with Gasteiger partial charge in [0.2, 0.25) is 0 Å². The fourth-order valence-electron chi connectivity index (χ4n) is 3.31. The molecule has 2 aromatic rings.